The van der Waals surface area contributed by atoms with E-state index in [1.807, 2.05) is 23.9 Å². The molecule has 0 saturated carbocycles. The fourth-order valence-corrected chi connectivity index (χ4v) is 2.62. The summed E-state index contributed by atoms with van der Waals surface area (Å²) in [7, 11) is 6.06. The quantitative estimate of drug-likeness (QED) is 0.814. The summed E-state index contributed by atoms with van der Waals surface area (Å²) in [6.45, 7) is 1.76. The largest absolute Gasteiger partial charge is 0.469 e. The van der Waals surface area contributed by atoms with Gasteiger partial charge in [0.1, 0.15) is 5.76 Å². The van der Waals surface area contributed by atoms with Crippen molar-refractivity contribution in [3.63, 3.8) is 0 Å². The average Bonchev–Trinajstić information content (AvgIpc) is 3.08. The summed E-state index contributed by atoms with van der Waals surface area (Å²) in [6, 6.07) is 4.07. The second-order valence-electron chi connectivity index (χ2n) is 5.36. The molecule has 116 valence electrons. The van der Waals surface area contributed by atoms with Crippen molar-refractivity contribution in [2.24, 2.45) is 0 Å². The Morgan fingerprint density at radius 2 is 2.29 bits per heavy atom. The van der Waals surface area contributed by atoms with Gasteiger partial charge >= 0.3 is 0 Å². The molecule has 2 aromatic rings. The van der Waals surface area contributed by atoms with Crippen LogP contribution in [0.4, 0.5) is 0 Å². The Morgan fingerprint density at radius 1 is 1.48 bits per heavy atom. The highest BCUT2D eigenvalue weighted by molar-refractivity contribution is 6.31. The van der Waals surface area contributed by atoms with Crippen LogP contribution in [0.3, 0.4) is 0 Å². The molecule has 2 aromatic heterocycles. The van der Waals surface area contributed by atoms with Crippen molar-refractivity contribution in [2.75, 3.05) is 27.7 Å². The Bertz CT molecular complexity index is 536. The smallest absolute Gasteiger partial charge is 0.103 e. The van der Waals surface area contributed by atoms with Crippen LogP contribution in [-0.4, -0.2) is 42.4 Å². The SMILES string of the molecule is CNC(CCc1ccco1)c1c(Cl)cnn1CCN(C)C. The highest BCUT2D eigenvalue weighted by Crippen LogP contribution is 2.26. The number of aryl methyl sites for hydroxylation is 1. The van der Waals surface area contributed by atoms with E-state index >= 15 is 0 Å². The molecule has 5 nitrogen and oxygen atoms in total. The minimum atomic E-state index is 0.160. The molecule has 0 fully saturated rings. The summed E-state index contributed by atoms with van der Waals surface area (Å²) < 4.78 is 7.39. The van der Waals surface area contributed by atoms with Gasteiger partial charge < -0.3 is 14.6 Å². The number of furan rings is 1. The van der Waals surface area contributed by atoms with E-state index in [0.717, 1.165) is 37.4 Å². The summed E-state index contributed by atoms with van der Waals surface area (Å²) in [5, 5.41) is 8.45. The van der Waals surface area contributed by atoms with Crippen molar-refractivity contribution in [2.45, 2.75) is 25.4 Å². The molecule has 0 saturated heterocycles. The van der Waals surface area contributed by atoms with Crippen LogP contribution in [0.1, 0.15) is 23.9 Å². The Balaban J connectivity index is 2.07. The van der Waals surface area contributed by atoms with Gasteiger partial charge in [-0.25, -0.2) is 0 Å². The van der Waals surface area contributed by atoms with Gasteiger partial charge in [-0.15, -0.1) is 0 Å². The summed E-state index contributed by atoms with van der Waals surface area (Å²) in [4.78, 5) is 2.14. The van der Waals surface area contributed by atoms with E-state index in [1.54, 1.807) is 12.5 Å². The molecule has 0 aliphatic carbocycles. The van der Waals surface area contributed by atoms with Crippen LogP contribution in [0.5, 0.6) is 0 Å². The maximum absolute atomic E-state index is 6.33. The van der Waals surface area contributed by atoms with E-state index in [-0.39, 0.29) is 6.04 Å². The summed E-state index contributed by atoms with van der Waals surface area (Å²) in [5.74, 6) is 0.991. The van der Waals surface area contributed by atoms with E-state index in [0.29, 0.717) is 5.02 Å². The van der Waals surface area contributed by atoms with Crippen molar-refractivity contribution in [3.8, 4) is 0 Å². The van der Waals surface area contributed by atoms with E-state index in [2.05, 4.69) is 29.4 Å². The van der Waals surface area contributed by atoms with E-state index in [4.69, 9.17) is 16.0 Å². The molecule has 0 aromatic carbocycles. The van der Waals surface area contributed by atoms with Gasteiger partial charge in [-0.05, 0) is 39.7 Å². The highest BCUT2D eigenvalue weighted by atomic mass is 35.5. The topological polar surface area (TPSA) is 46.2 Å². The third kappa shape index (κ3) is 4.33. The van der Waals surface area contributed by atoms with Gasteiger partial charge in [-0.1, -0.05) is 11.6 Å². The van der Waals surface area contributed by atoms with E-state index in [9.17, 15) is 0 Å². The van der Waals surface area contributed by atoms with Crippen molar-refractivity contribution in [1.29, 1.82) is 0 Å². The molecular formula is C15H23ClN4O. The molecule has 0 bridgehead atoms. The molecule has 1 unspecified atom stereocenters. The van der Waals surface area contributed by atoms with Gasteiger partial charge in [0.05, 0.1) is 35.8 Å². The van der Waals surface area contributed by atoms with Crippen molar-refractivity contribution in [3.05, 3.63) is 41.1 Å². The highest BCUT2D eigenvalue weighted by Gasteiger charge is 2.19. The van der Waals surface area contributed by atoms with Crippen LogP contribution >= 0.6 is 11.6 Å². The number of hydrogen-bond acceptors (Lipinski definition) is 4. The number of likely N-dealkylation sites (N-methyl/N-ethyl adjacent to an activating group) is 1. The lowest BCUT2D eigenvalue weighted by molar-refractivity contribution is 0.361. The molecule has 6 heteroatoms. The van der Waals surface area contributed by atoms with Gasteiger partial charge in [0.2, 0.25) is 0 Å². The predicted octanol–water partition coefficient (Wildman–Crippen LogP) is 2.58. The molecular weight excluding hydrogens is 288 g/mol. The molecule has 0 aliphatic rings. The normalized spacial score (nSPS) is 13.0. The van der Waals surface area contributed by atoms with Crippen LogP contribution in [0, 0.1) is 0 Å². The summed E-state index contributed by atoms with van der Waals surface area (Å²) >= 11 is 6.33. The molecule has 2 rings (SSSR count). The minimum Gasteiger partial charge on any atom is -0.469 e. The van der Waals surface area contributed by atoms with Crippen LogP contribution in [0.15, 0.2) is 29.0 Å². The molecule has 21 heavy (non-hydrogen) atoms. The summed E-state index contributed by atoms with van der Waals surface area (Å²) in [5.41, 5.74) is 1.05. The lowest BCUT2D eigenvalue weighted by Crippen LogP contribution is -2.25. The Hall–Kier alpha value is -1.30. The first-order chi connectivity index (χ1) is 10.1. The second-order valence-corrected chi connectivity index (χ2v) is 5.77. The molecule has 2 heterocycles. The van der Waals surface area contributed by atoms with Crippen LogP contribution in [0.25, 0.3) is 0 Å². The average molecular weight is 311 g/mol. The first kappa shape index (κ1) is 16.1. The third-order valence-electron chi connectivity index (χ3n) is 3.53. The monoisotopic (exact) mass is 310 g/mol. The Labute approximate surface area is 130 Å². The zero-order valence-electron chi connectivity index (χ0n) is 12.8. The number of hydrogen-bond donors (Lipinski definition) is 1. The molecule has 0 spiro atoms. The van der Waals surface area contributed by atoms with Gasteiger partial charge in [-0.2, -0.15) is 5.10 Å². The number of nitrogens with one attached hydrogen (secondary N) is 1. The van der Waals surface area contributed by atoms with Crippen LogP contribution < -0.4 is 5.32 Å². The van der Waals surface area contributed by atoms with Gasteiger partial charge in [0, 0.05) is 13.0 Å². The fourth-order valence-electron chi connectivity index (χ4n) is 2.35. The molecule has 0 aliphatic heterocycles. The van der Waals surface area contributed by atoms with Crippen LogP contribution in [-0.2, 0) is 13.0 Å². The van der Waals surface area contributed by atoms with Crippen LogP contribution in [0.2, 0.25) is 5.02 Å². The lowest BCUT2D eigenvalue weighted by Gasteiger charge is -2.19. The van der Waals surface area contributed by atoms with E-state index in [1.165, 1.54) is 0 Å². The van der Waals surface area contributed by atoms with Gasteiger partial charge in [0.25, 0.3) is 0 Å². The number of halogens is 1. The van der Waals surface area contributed by atoms with Gasteiger partial charge in [-0.3, -0.25) is 4.68 Å². The Kier molecular flexibility index (Phi) is 5.85. The fraction of sp³-hybridized carbons (Fsp3) is 0.533. The van der Waals surface area contributed by atoms with Crippen molar-refractivity contribution < 1.29 is 4.42 Å². The molecule has 1 atom stereocenters. The first-order valence-electron chi connectivity index (χ1n) is 7.17. The van der Waals surface area contributed by atoms with Gasteiger partial charge in [0.15, 0.2) is 0 Å². The minimum absolute atomic E-state index is 0.160. The number of nitrogens with zero attached hydrogens (tertiary/aromatic N) is 3. The first-order valence-corrected chi connectivity index (χ1v) is 7.55. The molecule has 0 radical (unpaired) electrons. The summed E-state index contributed by atoms with van der Waals surface area (Å²) in [6.07, 6.45) is 5.22. The molecule has 0 amide bonds. The maximum Gasteiger partial charge on any atom is 0.103 e. The Morgan fingerprint density at radius 3 is 2.90 bits per heavy atom. The second kappa shape index (κ2) is 7.64. The lowest BCUT2D eigenvalue weighted by atomic mass is 10.1. The maximum atomic E-state index is 6.33. The van der Waals surface area contributed by atoms with Crippen molar-refractivity contribution >= 4 is 11.6 Å². The zero-order chi connectivity index (χ0) is 15.2. The number of rotatable bonds is 8. The molecule has 1 N–H and O–H groups in total. The zero-order valence-corrected chi connectivity index (χ0v) is 13.6. The number of aromatic nitrogens is 2. The third-order valence-corrected chi connectivity index (χ3v) is 3.82. The predicted molar refractivity (Wildman–Crippen MR) is 84.6 cm³/mol. The van der Waals surface area contributed by atoms with E-state index < -0.39 is 0 Å². The van der Waals surface area contributed by atoms with Crippen molar-refractivity contribution in [1.82, 2.24) is 20.0 Å². The standard InChI is InChI=1S/C15H23ClN4O/c1-17-14(7-6-12-5-4-10-21-12)15-13(16)11-18-20(15)9-8-19(2)3/h4-5,10-11,14,17H,6-9H2,1-3H3.